The number of carbonyl (C=O) groups is 1. The fourth-order valence-corrected chi connectivity index (χ4v) is 2.75. The molecule has 0 atom stereocenters. The van der Waals surface area contributed by atoms with Crippen LogP contribution in [-0.4, -0.2) is 17.4 Å². The molecule has 0 unspecified atom stereocenters. The average Bonchev–Trinajstić information content (AvgIpc) is 3.01. The summed E-state index contributed by atoms with van der Waals surface area (Å²) in [6, 6.07) is 7.68. The van der Waals surface area contributed by atoms with Gasteiger partial charge in [-0.2, -0.15) is 0 Å². The van der Waals surface area contributed by atoms with Crippen LogP contribution >= 0.6 is 11.3 Å². The van der Waals surface area contributed by atoms with E-state index in [4.69, 9.17) is 4.74 Å². The molecular formula is C19H24N2O2S. The molecule has 0 saturated heterocycles. The molecule has 0 aliphatic carbocycles. The number of ether oxygens (including phenoxy) is 1. The van der Waals surface area contributed by atoms with Gasteiger partial charge < -0.3 is 10.1 Å². The largest absolute Gasteiger partial charge is 0.487 e. The minimum absolute atomic E-state index is 0.0598. The number of unbranched alkanes of at least 4 members (excludes halogenated alkanes) is 2. The lowest BCUT2D eigenvalue weighted by Gasteiger charge is -2.05. The lowest BCUT2D eigenvalue weighted by Crippen LogP contribution is -2.21. The number of nitrogens with one attached hydrogen (secondary N) is 1. The van der Waals surface area contributed by atoms with Gasteiger partial charge in [-0.3, -0.25) is 4.79 Å². The van der Waals surface area contributed by atoms with Gasteiger partial charge in [0.25, 0.3) is 0 Å². The molecule has 1 N–H and O–H groups in total. The molecule has 2 aromatic rings. The molecule has 4 nitrogen and oxygen atoms in total. The quantitative estimate of drug-likeness (QED) is 0.543. The van der Waals surface area contributed by atoms with E-state index in [1.165, 1.54) is 0 Å². The molecule has 0 radical (unpaired) electrons. The Kier molecular flexibility index (Phi) is 7.49. The molecule has 0 aliphatic rings. The van der Waals surface area contributed by atoms with Crippen molar-refractivity contribution in [2.75, 3.05) is 6.54 Å². The van der Waals surface area contributed by atoms with E-state index in [1.807, 2.05) is 36.6 Å². The Labute approximate surface area is 147 Å². The summed E-state index contributed by atoms with van der Waals surface area (Å²) in [5.41, 5.74) is 1.87. The second kappa shape index (κ2) is 9.88. The summed E-state index contributed by atoms with van der Waals surface area (Å²) in [5.74, 6) is 0.710. The van der Waals surface area contributed by atoms with Gasteiger partial charge in [0, 0.05) is 18.0 Å². The highest BCUT2D eigenvalue weighted by molar-refractivity contribution is 7.09. The topological polar surface area (TPSA) is 51.2 Å². The highest BCUT2D eigenvalue weighted by atomic mass is 32.1. The number of thiazole rings is 1. The summed E-state index contributed by atoms with van der Waals surface area (Å²) < 4.78 is 5.75. The van der Waals surface area contributed by atoms with E-state index in [0.29, 0.717) is 6.61 Å². The summed E-state index contributed by atoms with van der Waals surface area (Å²) in [6.07, 6.45) is 6.68. The predicted octanol–water partition coefficient (Wildman–Crippen LogP) is 4.35. The van der Waals surface area contributed by atoms with Crippen LogP contribution in [-0.2, 0) is 11.4 Å². The van der Waals surface area contributed by atoms with Crippen LogP contribution in [0, 0.1) is 6.92 Å². The molecule has 0 saturated carbocycles. The highest BCUT2D eigenvalue weighted by Crippen LogP contribution is 2.17. The van der Waals surface area contributed by atoms with Crippen molar-refractivity contribution in [3.63, 3.8) is 0 Å². The third-order valence-corrected chi connectivity index (χ3v) is 4.24. The minimum Gasteiger partial charge on any atom is -0.487 e. The van der Waals surface area contributed by atoms with Gasteiger partial charge in [0.1, 0.15) is 12.4 Å². The monoisotopic (exact) mass is 344 g/mol. The minimum atomic E-state index is -0.0598. The number of aromatic nitrogens is 1. The fraction of sp³-hybridized carbons (Fsp3) is 0.368. The standard InChI is InChI=1S/C19H24N2O2S/c1-3-4-5-11-20-19(22)10-9-16-7-6-8-18(12-16)23-13-17-14-24-15(2)21-17/h6-10,12,14H,3-5,11,13H2,1-2H3,(H,20,22)/b10-9+. The molecule has 0 fully saturated rings. The predicted molar refractivity (Wildman–Crippen MR) is 99.2 cm³/mol. The lowest BCUT2D eigenvalue weighted by atomic mass is 10.2. The normalized spacial score (nSPS) is 10.9. The van der Waals surface area contributed by atoms with Gasteiger partial charge in [0.15, 0.2) is 0 Å². The zero-order chi connectivity index (χ0) is 17.2. The molecular weight excluding hydrogens is 320 g/mol. The fourth-order valence-electron chi connectivity index (χ4n) is 2.16. The summed E-state index contributed by atoms with van der Waals surface area (Å²) in [7, 11) is 0. The molecule has 5 heteroatoms. The highest BCUT2D eigenvalue weighted by Gasteiger charge is 2.01. The first-order valence-corrected chi connectivity index (χ1v) is 9.15. The van der Waals surface area contributed by atoms with E-state index in [1.54, 1.807) is 23.5 Å². The van der Waals surface area contributed by atoms with Crippen molar-refractivity contribution in [1.82, 2.24) is 10.3 Å². The van der Waals surface area contributed by atoms with E-state index in [-0.39, 0.29) is 5.91 Å². The first kappa shape index (κ1) is 18.2. The van der Waals surface area contributed by atoms with Gasteiger partial charge >= 0.3 is 0 Å². The third kappa shape index (κ3) is 6.54. The van der Waals surface area contributed by atoms with Crippen LogP contribution in [0.3, 0.4) is 0 Å². The van der Waals surface area contributed by atoms with Crippen molar-refractivity contribution in [2.45, 2.75) is 39.7 Å². The van der Waals surface area contributed by atoms with Crippen LogP contribution in [0.15, 0.2) is 35.7 Å². The number of hydrogen-bond donors (Lipinski definition) is 1. The first-order valence-electron chi connectivity index (χ1n) is 8.27. The van der Waals surface area contributed by atoms with Crippen LogP contribution < -0.4 is 10.1 Å². The molecule has 0 bridgehead atoms. The van der Waals surface area contributed by atoms with Gasteiger partial charge in [-0.15, -0.1) is 11.3 Å². The second-order valence-corrected chi connectivity index (χ2v) is 6.61. The Morgan fingerprint density at radius 2 is 2.25 bits per heavy atom. The van der Waals surface area contributed by atoms with E-state index >= 15 is 0 Å². The number of carbonyl (C=O) groups excluding carboxylic acids is 1. The first-order chi connectivity index (χ1) is 11.7. The van der Waals surface area contributed by atoms with Crippen molar-refractivity contribution in [3.8, 4) is 5.75 Å². The van der Waals surface area contributed by atoms with E-state index < -0.39 is 0 Å². The SMILES string of the molecule is CCCCCNC(=O)/C=C/c1cccc(OCc2csc(C)n2)c1. The Bertz CT molecular complexity index is 680. The molecule has 2 rings (SSSR count). The molecule has 1 aromatic heterocycles. The molecule has 0 spiro atoms. The Morgan fingerprint density at radius 1 is 1.38 bits per heavy atom. The number of amides is 1. The zero-order valence-corrected chi connectivity index (χ0v) is 15.1. The maximum absolute atomic E-state index is 11.7. The molecule has 1 aromatic carbocycles. The molecule has 1 amide bonds. The molecule has 1 heterocycles. The number of benzene rings is 1. The number of rotatable bonds is 9. The van der Waals surface area contributed by atoms with Crippen molar-refractivity contribution in [2.24, 2.45) is 0 Å². The van der Waals surface area contributed by atoms with Crippen LogP contribution in [0.4, 0.5) is 0 Å². The van der Waals surface area contributed by atoms with Crippen LogP contribution in [0.1, 0.15) is 42.5 Å². The van der Waals surface area contributed by atoms with Crippen LogP contribution in [0.25, 0.3) is 6.08 Å². The maximum Gasteiger partial charge on any atom is 0.243 e. The summed E-state index contributed by atoms with van der Waals surface area (Å²) >= 11 is 1.62. The van der Waals surface area contributed by atoms with Crippen molar-refractivity contribution in [3.05, 3.63) is 52.0 Å². The lowest BCUT2D eigenvalue weighted by molar-refractivity contribution is -0.116. The van der Waals surface area contributed by atoms with Crippen LogP contribution in [0.2, 0.25) is 0 Å². The Morgan fingerprint density at radius 3 is 3.00 bits per heavy atom. The zero-order valence-electron chi connectivity index (χ0n) is 14.2. The van der Waals surface area contributed by atoms with Gasteiger partial charge in [0.05, 0.1) is 10.7 Å². The number of hydrogen-bond acceptors (Lipinski definition) is 4. The van der Waals surface area contributed by atoms with Gasteiger partial charge in [0.2, 0.25) is 5.91 Å². The second-order valence-electron chi connectivity index (χ2n) is 5.55. The summed E-state index contributed by atoms with van der Waals surface area (Å²) in [6.45, 7) is 5.31. The van der Waals surface area contributed by atoms with Gasteiger partial charge in [-0.1, -0.05) is 31.9 Å². The van der Waals surface area contributed by atoms with E-state index in [2.05, 4.69) is 17.2 Å². The van der Waals surface area contributed by atoms with Crippen molar-refractivity contribution >= 4 is 23.3 Å². The molecule has 0 aliphatic heterocycles. The molecule has 24 heavy (non-hydrogen) atoms. The Balaban J connectivity index is 1.83. The van der Waals surface area contributed by atoms with E-state index in [9.17, 15) is 4.79 Å². The van der Waals surface area contributed by atoms with Crippen molar-refractivity contribution in [1.29, 1.82) is 0 Å². The maximum atomic E-state index is 11.7. The number of aryl methyl sites for hydroxylation is 1. The summed E-state index contributed by atoms with van der Waals surface area (Å²) in [4.78, 5) is 16.1. The average molecular weight is 344 g/mol. The molecule has 128 valence electrons. The van der Waals surface area contributed by atoms with E-state index in [0.717, 1.165) is 47.8 Å². The smallest absolute Gasteiger partial charge is 0.243 e. The summed E-state index contributed by atoms with van der Waals surface area (Å²) in [5, 5.41) is 5.93. The third-order valence-electron chi connectivity index (χ3n) is 3.42. The Hall–Kier alpha value is -2.14. The van der Waals surface area contributed by atoms with Crippen LogP contribution in [0.5, 0.6) is 5.75 Å². The van der Waals surface area contributed by atoms with Gasteiger partial charge in [-0.05, 0) is 37.1 Å². The van der Waals surface area contributed by atoms with Gasteiger partial charge in [-0.25, -0.2) is 4.98 Å². The number of nitrogens with zero attached hydrogens (tertiary/aromatic N) is 1. The van der Waals surface area contributed by atoms with Crippen molar-refractivity contribution < 1.29 is 9.53 Å².